The van der Waals surface area contributed by atoms with Crippen LogP contribution in [0.15, 0.2) is 35.2 Å². The van der Waals surface area contributed by atoms with Crippen molar-refractivity contribution in [3.63, 3.8) is 0 Å². The summed E-state index contributed by atoms with van der Waals surface area (Å²) >= 11 is 1.72. The second-order valence-electron chi connectivity index (χ2n) is 5.75. The third-order valence-electron chi connectivity index (χ3n) is 3.00. The van der Waals surface area contributed by atoms with E-state index in [-0.39, 0.29) is 11.2 Å². The van der Waals surface area contributed by atoms with Gasteiger partial charge in [0, 0.05) is 29.6 Å². The van der Waals surface area contributed by atoms with E-state index >= 15 is 0 Å². The highest BCUT2D eigenvalue weighted by molar-refractivity contribution is 7.90. The first kappa shape index (κ1) is 18.7. The van der Waals surface area contributed by atoms with Gasteiger partial charge in [0.05, 0.1) is 12.3 Å². The molecule has 1 rings (SSSR count). The minimum atomic E-state index is -2.98. The van der Waals surface area contributed by atoms with Crippen molar-refractivity contribution in [2.75, 3.05) is 31.6 Å². The molecule has 0 aliphatic rings. The summed E-state index contributed by atoms with van der Waals surface area (Å²) in [6, 6.07) is 4.14. The Kier molecular flexibility index (Phi) is 7.09. The van der Waals surface area contributed by atoms with Crippen LogP contribution < -0.4 is 10.6 Å². The van der Waals surface area contributed by atoms with Crippen LogP contribution in [0.2, 0.25) is 0 Å². The first-order chi connectivity index (χ1) is 10.2. The number of hydrogen-bond donors (Lipinski definition) is 2. The van der Waals surface area contributed by atoms with Gasteiger partial charge in [0.25, 0.3) is 0 Å². The number of nitrogens with one attached hydrogen (secondary N) is 2. The zero-order valence-corrected chi connectivity index (χ0v) is 15.1. The number of hydrogen-bond acceptors (Lipinski definition) is 4. The normalized spacial score (nSPS) is 13.0. The van der Waals surface area contributed by atoms with Crippen molar-refractivity contribution in [3.05, 3.63) is 35.0 Å². The first-order valence-electron chi connectivity index (χ1n) is 7.09. The molecule has 0 radical (unpaired) electrons. The fraction of sp³-hybridized carbons (Fsp3) is 0.533. The van der Waals surface area contributed by atoms with Gasteiger partial charge in [-0.2, -0.15) is 0 Å². The van der Waals surface area contributed by atoms with Gasteiger partial charge in [-0.3, -0.25) is 4.99 Å². The van der Waals surface area contributed by atoms with Crippen molar-refractivity contribution in [1.82, 2.24) is 10.6 Å². The summed E-state index contributed by atoms with van der Waals surface area (Å²) < 4.78 is 22.4. The lowest BCUT2D eigenvalue weighted by Gasteiger charge is -2.21. The lowest BCUT2D eigenvalue weighted by atomic mass is 9.92. The average Bonchev–Trinajstić information content (AvgIpc) is 2.94. The van der Waals surface area contributed by atoms with Crippen LogP contribution in [0, 0.1) is 0 Å². The van der Waals surface area contributed by atoms with Gasteiger partial charge in [-0.25, -0.2) is 8.42 Å². The van der Waals surface area contributed by atoms with Crippen LogP contribution in [0.25, 0.3) is 0 Å². The molecule has 0 amide bonds. The Labute approximate surface area is 137 Å². The maximum absolute atomic E-state index is 11.2. The van der Waals surface area contributed by atoms with E-state index in [1.807, 2.05) is 6.07 Å². The van der Waals surface area contributed by atoms with Crippen LogP contribution in [-0.2, 0) is 15.3 Å². The number of sulfone groups is 1. The number of nitrogens with zero attached hydrogens (tertiary/aromatic N) is 1. The van der Waals surface area contributed by atoms with Gasteiger partial charge >= 0.3 is 0 Å². The molecular weight excluding hydrogens is 318 g/mol. The Morgan fingerprint density at radius 2 is 2.18 bits per heavy atom. The lowest BCUT2D eigenvalue weighted by Crippen LogP contribution is -2.40. The third-order valence-corrected chi connectivity index (χ3v) is 5.18. The van der Waals surface area contributed by atoms with Crippen LogP contribution in [0.3, 0.4) is 0 Å². The Hall–Kier alpha value is -1.34. The summed E-state index contributed by atoms with van der Waals surface area (Å²) in [6.07, 6.45) is 2.96. The van der Waals surface area contributed by atoms with Crippen molar-refractivity contribution < 1.29 is 8.42 Å². The maximum Gasteiger partial charge on any atom is 0.191 e. The molecule has 124 valence electrons. The van der Waals surface area contributed by atoms with Gasteiger partial charge in [0.15, 0.2) is 5.96 Å². The molecule has 2 N–H and O–H groups in total. The van der Waals surface area contributed by atoms with Gasteiger partial charge in [0.1, 0.15) is 9.84 Å². The smallest absolute Gasteiger partial charge is 0.191 e. The second kappa shape index (κ2) is 8.33. The molecule has 1 aromatic heterocycles. The summed E-state index contributed by atoms with van der Waals surface area (Å²) in [5, 5.41) is 8.20. The number of guanidine groups is 1. The largest absolute Gasteiger partial charge is 0.355 e. The zero-order valence-electron chi connectivity index (χ0n) is 13.4. The summed E-state index contributed by atoms with van der Waals surface area (Å²) in [6.45, 7) is 9.47. The molecule has 1 aromatic rings. The Balaban J connectivity index is 2.67. The topological polar surface area (TPSA) is 70.6 Å². The lowest BCUT2D eigenvalue weighted by molar-refractivity contribution is 0.549. The molecule has 0 aromatic carbocycles. The number of aliphatic imine (C=N–C) groups is 1. The van der Waals surface area contributed by atoms with E-state index in [4.69, 9.17) is 0 Å². The number of thiophene rings is 1. The summed E-state index contributed by atoms with van der Waals surface area (Å²) in [5.74, 6) is 0.684. The molecule has 0 bridgehead atoms. The van der Waals surface area contributed by atoms with Crippen LogP contribution in [-0.4, -0.2) is 46.0 Å². The predicted molar refractivity (Wildman–Crippen MR) is 95.6 cm³/mol. The predicted octanol–water partition coefficient (Wildman–Crippen LogP) is 1.79. The van der Waals surface area contributed by atoms with Crippen LogP contribution in [0.5, 0.6) is 0 Å². The molecule has 0 aliphatic carbocycles. The molecule has 22 heavy (non-hydrogen) atoms. The van der Waals surface area contributed by atoms with E-state index in [9.17, 15) is 8.42 Å². The van der Waals surface area contributed by atoms with Crippen LogP contribution >= 0.6 is 11.3 Å². The highest BCUT2D eigenvalue weighted by Gasteiger charge is 2.21. The summed E-state index contributed by atoms with van der Waals surface area (Å²) in [5.41, 5.74) is -0.0617. The van der Waals surface area contributed by atoms with E-state index < -0.39 is 9.84 Å². The van der Waals surface area contributed by atoms with E-state index in [0.717, 1.165) is 0 Å². The third kappa shape index (κ3) is 7.09. The molecule has 0 aliphatic heterocycles. The Morgan fingerprint density at radius 1 is 1.45 bits per heavy atom. The summed E-state index contributed by atoms with van der Waals surface area (Å²) in [7, 11) is -2.98. The second-order valence-corrected chi connectivity index (χ2v) is 8.96. The van der Waals surface area contributed by atoms with Gasteiger partial charge in [0.2, 0.25) is 0 Å². The van der Waals surface area contributed by atoms with Crippen molar-refractivity contribution in [3.8, 4) is 0 Å². The molecule has 0 fully saturated rings. The van der Waals surface area contributed by atoms with E-state index in [1.165, 1.54) is 11.1 Å². The van der Waals surface area contributed by atoms with E-state index in [0.29, 0.717) is 25.6 Å². The first-order valence-corrected chi connectivity index (χ1v) is 10.0. The van der Waals surface area contributed by atoms with Crippen LogP contribution in [0.1, 0.15) is 18.7 Å². The molecule has 5 nitrogen and oxygen atoms in total. The molecule has 0 spiro atoms. The van der Waals surface area contributed by atoms with E-state index in [1.54, 1.807) is 17.4 Å². The van der Waals surface area contributed by atoms with Gasteiger partial charge < -0.3 is 10.6 Å². The minimum absolute atomic E-state index is 0.0617. The van der Waals surface area contributed by atoms with Crippen molar-refractivity contribution >= 4 is 27.1 Å². The van der Waals surface area contributed by atoms with Crippen LogP contribution in [0.4, 0.5) is 0 Å². The Morgan fingerprint density at radius 3 is 2.73 bits per heavy atom. The standard InChI is InChI=1S/C15H25N3O2S2/c1-5-8-16-14(17-9-11-22(4,19)20)18-12-15(2,3)13-7-6-10-21-13/h5-7,10H,1,8-9,11-12H2,2-4H3,(H2,16,17,18). The molecular formula is C15H25N3O2S2. The van der Waals surface area contributed by atoms with Crippen molar-refractivity contribution in [1.29, 1.82) is 0 Å². The molecule has 1 heterocycles. The van der Waals surface area contributed by atoms with Gasteiger partial charge in [-0.05, 0) is 11.4 Å². The fourth-order valence-electron chi connectivity index (χ4n) is 1.72. The molecule has 0 saturated carbocycles. The van der Waals surface area contributed by atoms with Gasteiger partial charge in [-0.15, -0.1) is 17.9 Å². The highest BCUT2D eigenvalue weighted by Crippen LogP contribution is 2.27. The monoisotopic (exact) mass is 343 g/mol. The SMILES string of the molecule is C=CCNC(=NCC(C)(C)c1cccs1)NCCS(C)(=O)=O. The quantitative estimate of drug-likeness (QED) is 0.429. The minimum Gasteiger partial charge on any atom is -0.355 e. The Bertz CT molecular complexity index is 590. The molecule has 0 unspecified atom stereocenters. The highest BCUT2D eigenvalue weighted by atomic mass is 32.2. The zero-order chi connectivity index (χ0) is 16.6. The molecule has 0 atom stereocenters. The number of rotatable bonds is 8. The molecule has 7 heteroatoms. The van der Waals surface area contributed by atoms with Gasteiger partial charge in [-0.1, -0.05) is 26.0 Å². The fourth-order valence-corrected chi connectivity index (χ4v) is 3.03. The average molecular weight is 344 g/mol. The van der Waals surface area contributed by atoms with Crippen molar-refractivity contribution in [2.45, 2.75) is 19.3 Å². The van der Waals surface area contributed by atoms with Crippen molar-refractivity contribution in [2.24, 2.45) is 4.99 Å². The molecule has 0 saturated heterocycles. The summed E-state index contributed by atoms with van der Waals surface area (Å²) in [4.78, 5) is 5.84. The maximum atomic E-state index is 11.2. The van der Waals surface area contributed by atoms with E-state index in [2.05, 4.69) is 47.5 Å².